The fourth-order valence-electron chi connectivity index (χ4n) is 2.86. The maximum Gasteiger partial charge on any atom is 0.178 e. The molecule has 0 heterocycles. The minimum atomic E-state index is 0.0566. The molecule has 1 fully saturated rings. The van der Waals surface area contributed by atoms with E-state index in [4.69, 9.17) is 0 Å². The molecular weight excluding hydrogens is 188 g/mol. The van der Waals surface area contributed by atoms with Crippen LogP contribution in [0.3, 0.4) is 0 Å². The Morgan fingerprint density at radius 3 is 2.67 bits per heavy atom. The molecule has 15 heavy (non-hydrogen) atoms. The molecule has 2 rings (SSSR count). The van der Waals surface area contributed by atoms with Crippen molar-refractivity contribution in [3.05, 3.63) is 24.3 Å². The monoisotopic (exact) mass is 204 g/mol. The van der Waals surface area contributed by atoms with Gasteiger partial charge in [0, 0.05) is 11.8 Å². The molecule has 0 aliphatic heterocycles. The molecule has 0 aromatic carbocycles. The smallest absolute Gasteiger partial charge is 0.178 e. The van der Waals surface area contributed by atoms with Gasteiger partial charge in [-0.05, 0) is 36.8 Å². The van der Waals surface area contributed by atoms with Crippen LogP contribution in [-0.2, 0) is 9.59 Å². The summed E-state index contributed by atoms with van der Waals surface area (Å²) in [5, 5.41) is 0. The Morgan fingerprint density at radius 1 is 1.40 bits per heavy atom. The zero-order chi connectivity index (χ0) is 10.9. The van der Waals surface area contributed by atoms with Gasteiger partial charge in [-0.2, -0.15) is 0 Å². The standard InChI is InChI=1S/C13H16O2/c1-10-8-13(9-11(10)4-7-14)5-2-12(15)3-6-13/h2-3,5-7,10-11H,4,8-9H2,1H3/t10?,11-/m1/s1. The highest BCUT2D eigenvalue weighted by Crippen LogP contribution is 2.49. The highest BCUT2D eigenvalue weighted by atomic mass is 16.1. The summed E-state index contributed by atoms with van der Waals surface area (Å²) >= 11 is 0. The normalized spacial score (nSPS) is 32.5. The first-order valence-electron chi connectivity index (χ1n) is 5.51. The summed E-state index contributed by atoms with van der Waals surface area (Å²) in [7, 11) is 0. The minimum Gasteiger partial charge on any atom is -0.303 e. The first kappa shape index (κ1) is 10.3. The maximum atomic E-state index is 11.1. The van der Waals surface area contributed by atoms with E-state index in [1.807, 2.05) is 12.2 Å². The number of aldehydes is 1. The van der Waals surface area contributed by atoms with E-state index in [0.29, 0.717) is 18.3 Å². The van der Waals surface area contributed by atoms with E-state index < -0.39 is 0 Å². The summed E-state index contributed by atoms with van der Waals surface area (Å²) in [6.45, 7) is 2.20. The summed E-state index contributed by atoms with van der Waals surface area (Å²) in [6.07, 6.45) is 11.1. The van der Waals surface area contributed by atoms with E-state index in [-0.39, 0.29) is 11.2 Å². The maximum absolute atomic E-state index is 11.1. The van der Waals surface area contributed by atoms with Gasteiger partial charge in [-0.1, -0.05) is 19.1 Å². The van der Waals surface area contributed by atoms with E-state index in [9.17, 15) is 9.59 Å². The number of allylic oxidation sites excluding steroid dienone is 4. The first-order chi connectivity index (χ1) is 7.15. The summed E-state index contributed by atoms with van der Waals surface area (Å²) in [5.74, 6) is 1.12. The number of hydrogen-bond acceptors (Lipinski definition) is 2. The fraction of sp³-hybridized carbons (Fsp3) is 0.538. The van der Waals surface area contributed by atoms with Crippen molar-refractivity contribution in [1.29, 1.82) is 0 Å². The molecule has 80 valence electrons. The average Bonchev–Trinajstić information content (AvgIpc) is 2.50. The van der Waals surface area contributed by atoms with Crippen LogP contribution in [0.1, 0.15) is 26.2 Å². The molecule has 0 saturated heterocycles. The van der Waals surface area contributed by atoms with Gasteiger partial charge < -0.3 is 4.79 Å². The van der Waals surface area contributed by atoms with E-state index >= 15 is 0 Å². The second kappa shape index (κ2) is 3.76. The van der Waals surface area contributed by atoms with Gasteiger partial charge in [0.1, 0.15) is 6.29 Å². The Kier molecular flexibility index (Phi) is 2.59. The predicted molar refractivity (Wildman–Crippen MR) is 58.3 cm³/mol. The molecule has 0 aromatic rings. The third kappa shape index (κ3) is 1.94. The van der Waals surface area contributed by atoms with Gasteiger partial charge >= 0.3 is 0 Å². The van der Waals surface area contributed by atoms with Crippen LogP contribution in [0.4, 0.5) is 0 Å². The van der Waals surface area contributed by atoms with E-state index in [1.54, 1.807) is 12.2 Å². The van der Waals surface area contributed by atoms with Crippen LogP contribution in [0.25, 0.3) is 0 Å². The van der Waals surface area contributed by atoms with E-state index in [0.717, 1.165) is 19.1 Å². The Hall–Kier alpha value is -1.18. The molecule has 1 spiro atoms. The van der Waals surface area contributed by atoms with Gasteiger partial charge in [0.2, 0.25) is 0 Å². The molecule has 2 heteroatoms. The van der Waals surface area contributed by atoms with Crippen LogP contribution in [0, 0.1) is 17.3 Å². The number of carbonyl (C=O) groups excluding carboxylic acids is 2. The lowest BCUT2D eigenvalue weighted by Crippen LogP contribution is -2.14. The van der Waals surface area contributed by atoms with Crippen molar-refractivity contribution < 1.29 is 9.59 Å². The van der Waals surface area contributed by atoms with Crippen LogP contribution >= 0.6 is 0 Å². The molecule has 0 N–H and O–H groups in total. The van der Waals surface area contributed by atoms with Crippen LogP contribution < -0.4 is 0 Å². The van der Waals surface area contributed by atoms with Gasteiger partial charge in [-0.15, -0.1) is 0 Å². The lowest BCUT2D eigenvalue weighted by atomic mass is 9.81. The number of carbonyl (C=O) groups is 2. The highest BCUT2D eigenvalue weighted by molar-refractivity contribution is 6.00. The van der Waals surface area contributed by atoms with Crippen molar-refractivity contribution in [2.75, 3.05) is 0 Å². The van der Waals surface area contributed by atoms with Crippen molar-refractivity contribution in [2.24, 2.45) is 17.3 Å². The third-order valence-electron chi connectivity index (χ3n) is 3.71. The summed E-state index contributed by atoms with van der Waals surface area (Å²) in [6, 6.07) is 0. The molecule has 2 aliphatic rings. The molecule has 2 nitrogen and oxygen atoms in total. The van der Waals surface area contributed by atoms with Crippen LogP contribution in [0.5, 0.6) is 0 Å². The van der Waals surface area contributed by atoms with Gasteiger partial charge in [-0.25, -0.2) is 0 Å². The molecular formula is C13H16O2. The second-order valence-electron chi connectivity index (χ2n) is 4.85. The van der Waals surface area contributed by atoms with Gasteiger partial charge in [0.15, 0.2) is 5.78 Å². The van der Waals surface area contributed by atoms with Crippen LogP contribution in [-0.4, -0.2) is 12.1 Å². The second-order valence-corrected chi connectivity index (χ2v) is 4.85. The molecule has 1 saturated carbocycles. The lowest BCUT2D eigenvalue weighted by molar-refractivity contribution is -0.111. The molecule has 1 unspecified atom stereocenters. The van der Waals surface area contributed by atoms with Gasteiger partial charge in [-0.3, -0.25) is 4.79 Å². The van der Waals surface area contributed by atoms with Crippen molar-refractivity contribution >= 4 is 12.1 Å². The predicted octanol–water partition coefficient (Wildman–Crippen LogP) is 2.30. The molecule has 0 bridgehead atoms. The van der Waals surface area contributed by atoms with Crippen LogP contribution in [0.2, 0.25) is 0 Å². The molecule has 0 amide bonds. The fourth-order valence-corrected chi connectivity index (χ4v) is 2.86. The Bertz CT molecular complexity index is 322. The van der Waals surface area contributed by atoms with Crippen molar-refractivity contribution in [1.82, 2.24) is 0 Å². The zero-order valence-electron chi connectivity index (χ0n) is 8.98. The summed E-state index contributed by atoms with van der Waals surface area (Å²) < 4.78 is 0. The summed E-state index contributed by atoms with van der Waals surface area (Å²) in [4.78, 5) is 21.6. The molecule has 2 aliphatic carbocycles. The quantitative estimate of drug-likeness (QED) is 0.647. The van der Waals surface area contributed by atoms with Crippen LogP contribution in [0.15, 0.2) is 24.3 Å². The number of ketones is 1. The highest BCUT2D eigenvalue weighted by Gasteiger charge is 2.40. The van der Waals surface area contributed by atoms with E-state index in [2.05, 4.69) is 6.92 Å². The Balaban J connectivity index is 2.14. The minimum absolute atomic E-state index is 0.0566. The average molecular weight is 204 g/mol. The molecule has 0 radical (unpaired) electrons. The lowest BCUT2D eigenvalue weighted by Gasteiger charge is -2.23. The zero-order valence-corrected chi connectivity index (χ0v) is 8.98. The van der Waals surface area contributed by atoms with Crippen molar-refractivity contribution in [3.63, 3.8) is 0 Å². The van der Waals surface area contributed by atoms with Crippen molar-refractivity contribution in [2.45, 2.75) is 26.2 Å². The Morgan fingerprint density at radius 2 is 2.07 bits per heavy atom. The number of rotatable bonds is 2. The molecule has 2 atom stereocenters. The van der Waals surface area contributed by atoms with E-state index in [1.165, 1.54) is 0 Å². The third-order valence-corrected chi connectivity index (χ3v) is 3.71. The first-order valence-corrected chi connectivity index (χ1v) is 5.51. The molecule has 0 aromatic heterocycles. The largest absolute Gasteiger partial charge is 0.303 e. The van der Waals surface area contributed by atoms with Gasteiger partial charge in [0.25, 0.3) is 0 Å². The number of hydrogen-bond donors (Lipinski definition) is 0. The van der Waals surface area contributed by atoms with Gasteiger partial charge in [0.05, 0.1) is 0 Å². The Labute approximate surface area is 90.1 Å². The topological polar surface area (TPSA) is 34.1 Å². The van der Waals surface area contributed by atoms with Crippen molar-refractivity contribution in [3.8, 4) is 0 Å². The SMILES string of the molecule is CC1CC2(C=CC(=O)C=C2)C[C@H]1CC=O. The summed E-state index contributed by atoms with van der Waals surface area (Å²) in [5.41, 5.74) is 0.0566.